The number of hydrogen-bond donors (Lipinski definition) is 2. The maximum absolute atomic E-state index is 12.7. The summed E-state index contributed by atoms with van der Waals surface area (Å²) in [7, 11) is 0. The standard InChI is InChI=1S/C18H33N3O2.ClH/c1-13(19)16-10-6-7-11-21(16)18(23)14(2)20-17(22)12-15-8-4-3-5-9-15;/h13-16H,3-12,19H2,1-2H3,(H,20,22);1H. The van der Waals surface area contributed by atoms with Crippen molar-refractivity contribution in [1.82, 2.24) is 10.2 Å². The van der Waals surface area contributed by atoms with E-state index in [2.05, 4.69) is 5.32 Å². The molecule has 24 heavy (non-hydrogen) atoms. The average Bonchev–Trinajstić information content (AvgIpc) is 2.54. The second-order valence-corrected chi connectivity index (χ2v) is 7.45. The molecular weight excluding hydrogens is 326 g/mol. The Morgan fingerprint density at radius 1 is 1.08 bits per heavy atom. The molecule has 1 saturated heterocycles. The maximum Gasteiger partial charge on any atom is 0.245 e. The molecule has 140 valence electrons. The van der Waals surface area contributed by atoms with Crippen molar-refractivity contribution >= 4 is 24.2 Å². The summed E-state index contributed by atoms with van der Waals surface area (Å²) in [5.41, 5.74) is 6.04. The highest BCUT2D eigenvalue weighted by molar-refractivity contribution is 5.87. The number of amides is 2. The minimum atomic E-state index is -0.453. The molecule has 2 aliphatic rings. The van der Waals surface area contributed by atoms with Gasteiger partial charge in [-0.05, 0) is 51.9 Å². The lowest BCUT2D eigenvalue weighted by atomic mass is 9.87. The summed E-state index contributed by atoms with van der Waals surface area (Å²) in [6.07, 6.45) is 9.73. The quantitative estimate of drug-likeness (QED) is 0.792. The SMILES string of the molecule is CC(NC(=O)CC1CCCCC1)C(=O)N1CCCCC1C(C)N.Cl. The second kappa shape index (κ2) is 10.2. The van der Waals surface area contributed by atoms with E-state index in [4.69, 9.17) is 5.73 Å². The summed E-state index contributed by atoms with van der Waals surface area (Å²) in [4.78, 5) is 26.8. The molecule has 2 amide bonds. The summed E-state index contributed by atoms with van der Waals surface area (Å²) in [5, 5.41) is 2.91. The molecule has 0 bridgehead atoms. The van der Waals surface area contributed by atoms with Gasteiger partial charge in [-0.2, -0.15) is 0 Å². The predicted molar refractivity (Wildman–Crippen MR) is 99.0 cm³/mol. The summed E-state index contributed by atoms with van der Waals surface area (Å²) in [6, 6.07) is -0.372. The third-order valence-corrected chi connectivity index (χ3v) is 5.39. The van der Waals surface area contributed by atoms with Gasteiger partial charge in [-0.25, -0.2) is 0 Å². The van der Waals surface area contributed by atoms with Gasteiger partial charge < -0.3 is 16.0 Å². The largest absolute Gasteiger partial charge is 0.345 e. The molecule has 3 N–H and O–H groups in total. The lowest BCUT2D eigenvalue weighted by molar-refractivity contribution is -0.139. The van der Waals surface area contributed by atoms with Crippen LogP contribution >= 0.6 is 12.4 Å². The normalized spacial score (nSPS) is 24.6. The zero-order valence-electron chi connectivity index (χ0n) is 15.1. The Balaban J connectivity index is 0.00000288. The summed E-state index contributed by atoms with van der Waals surface area (Å²) in [5.74, 6) is 0.536. The second-order valence-electron chi connectivity index (χ2n) is 7.45. The molecule has 3 atom stereocenters. The highest BCUT2D eigenvalue weighted by Crippen LogP contribution is 2.26. The van der Waals surface area contributed by atoms with Crippen LogP contribution in [0.15, 0.2) is 0 Å². The van der Waals surface area contributed by atoms with Gasteiger partial charge in [-0.15, -0.1) is 12.4 Å². The first kappa shape index (κ1) is 21.2. The van der Waals surface area contributed by atoms with E-state index >= 15 is 0 Å². The molecule has 1 aliphatic carbocycles. The van der Waals surface area contributed by atoms with Gasteiger partial charge in [-0.3, -0.25) is 9.59 Å². The van der Waals surface area contributed by atoms with Crippen molar-refractivity contribution in [3.05, 3.63) is 0 Å². The molecule has 2 fully saturated rings. The monoisotopic (exact) mass is 359 g/mol. The number of carbonyl (C=O) groups excluding carboxylic acids is 2. The van der Waals surface area contributed by atoms with Crippen LogP contribution in [-0.4, -0.2) is 41.4 Å². The maximum atomic E-state index is 12.7. The summed E-state index contributed by atoms with van der Waals surface area (Å²) < 4.78 is 0. The number of nitrogens with zero attached hydrogens (tertiary/aromatic N) is 1. The first-order valence-electron chi connectivity index (χ1n) is 9.34. The predicted octanol–water partition coefficient (Wildman–Crippen LogP) is 2.61. The smallest absolute Gasteiger partial charge is 0.245 e. The zero-order valence-corrected chi connectivity index (χ0v) is 15.9. The van der Waals surface area contributed by atoms with Crippen LogP contribution in [0.4, 0.5) is 0 Å². The molecule has 5 nitrogen and oxygen atoms in total. The van der Waals surface area contributed by atoms with Gasteiger partial charge in [0.15, 0.2) is 0 Å². The minimum absolute atomic E-state index is 0. The highest BCUT2D eigenvalue weighted by atomic mass is 35.5. The number of carbonyl (C=O) groups is 2. The highest BCUT2D eigenvalue weighted by Gasteiger charge is 2.32. The molecule has 0 radical (unpaired) electrons. The molecule has 0 aromatic rings. The van der Waals surface area contributed by atoms with Gasteiger partial charge in [0, 0.05) is 25.0 Å². The lowest BCUT2D eigenvalue weighted by Crippen LogP contribution is -2.56. The van der Waals surface area contributed by atoms with Crippen molar-refractivity contribution in [2.45, 2.75) is 89.8 Å². The number of nitrogens with two attached hydrogens (primary N) is 1. The van der Waals surface area contributed by atoms with Crippen LogP contribution in [0, 0.1) is 5.92 Å². The van der Waals surface area contributed by atoms with Crippen LogP contribution in [0.5, 0.6) is 0 Å². The molecule has 1 saturated carbocycles. The molecule has 1 aliphatic heterocycles. The molecule has 6 heteroatoms. The van der Waals surface area contributed by atoms with E-state index in [0.717, 1.165) is 38.6 Å². The fourth-order valence-electron chi connectivity index (χ4n) is 4.04. The van der Waals surface area contributed by atoms with E-state index in [9.17, 15) is 9.59 Å². The van der Waals surface area contributed by atoms with Crippen molar-refractivity contribution in [1.29, 1.82) is 0 Å². The molecular formula is C18H34ClN3O2. The van der Waals surface area contributed by atoms with Crippen LogP contribution in [0.1, 0.15) is 71.6 Å². The number of rotatable bonds is 5. The van der Waals surface area contributed by atoms with Gasteiger partial charge in [-0.1, -0.05) is 19.3 Å². The Kier molecular flexibility index (Phi) is 9.06. The van der Waals surface area contributed by atoms with Crippen molar-refractivity contribution in [2.75, 3.05) is 6.54 Å². The molecule has 0 aromatic heterocycles. The zero-order chi connectivity index (χ0) is 16.8. The number of halogens is 1. The third-order valence-electron chi connectivity index (χ3n) is 5.39. The topological polar surface area (TPSA) is 75.4 Å². The summed E-state index contributed by atoms with van der Waals surface area (Å²) in [6.45, 7) is 4.52. The molecule has 0 aromatic carbocycles. The lowest BCUT2D eigenvalue weighted by Gasteiger charge is -2.39. The van der Waals surface area contributed by atoms with Gasteiger partial charge in [0.1, 0.15) is 6.04 Å². The first-order valence-corrected chi connectivity index (χ1v) is 9.34. The molecule has 1 heterocycles. The fraction of sp³-hybridized carbons (Fsp3) is 0.889. The average molecular weight is 360 g/mol. The summed E-state index contributed by atoms with van der Waals surface area (Å²) >= 11 is 0. The van der Waals surface area contributed by atoms with Crippen LogP contribution in [-0.2, 0) is 9.59 Å². The van der Waals surface area contributed by atoms with E-state index in [-0.39, 0.29) is 36.3 Å². The van der Waals surface area contributed by atoms with Crippen LogP contribution in [0.25, 0.3) is 0 Å². The Labute approximate surface area is 152 Å². The van der Waals surface area contributed by atoms with Crippen LogP contribution in [0.2, 0.25) is 0 Å². The van der Waals surface area contributed by atoms with E-state index in [1.807, 2.05) is 11.8 Å². The Bertz CT molecular complexity index is 411. The van der Waals surface area contributed by atoms with Crippen LogP contribution < -0.4 is 11.1 Å². The Morgan fingerprint density at radius 3 is 2.33 bits per heavy atom. The van der Waals surface area contributed by atoms with E-state index in [1.54, 1.807) is 6.92 Å². The minimum Gasteiger partial charge on any atom is -0.345 e. The van der Waals surface area contributed by atoms with Crippen molar-refractivity contribution in [3.63, 3.8) is 0 Å². The first-order chi connectivity index (χ1) is 11.0. The Morgan fingerprint density at radius 2 is 1.71 bits per heavy atom. The van der Waals surface area contributed by atoms with Gasteiger partial charge in [0.25, 0.3) is 0 Å². The van der Waals surface area contributed by atoms with Crippen molar-refractivity contribution < 1.29 is 9.59 Å². The van der Waals surface area contributed by atoms with E-state index in [1.165, 1.54) is 19.3 Å². The van der Waals surface area contributed by atoms with Crippen molar-refractivity contribution in [2.24, 2.45) is 11.7 Å². The third kappa shape index (κ3) is 5.92. The number of hydrogen-bond acceptors (Lipinski definition) is 3. The van der Waals surface area contributed by atoms with Gasteiger partial charge in [0.2, 0.25) is 11.8 Å². The number of likely N-dealkylation sites (tertiary alicyclic amines) is 1. The van der Waals surface area contributed by atoms with Gasteiger partial charge in [0.05, 0.1) is 0 Å². The molecule has 0 spiro atoms. The number of piperidine rings is 1. The van der Waals surface area contributed by atoms with E-state index in [0.29, 0.717) is 12.3 Å². The van der Waals surface area contributed by atoms with Crippen LogP contribution in [0.3, 0.4) is 0 Å². The molecule has 3 unspecified atom stereocenters. The van der Waals surface area contributed by atoms with E-state index < -0.39 is 6.04 Å². The number of nitrogens with one attached hydrogen (secondary N) is 1. The molecule has 2 rings (SSSR count). The fourth-order valence-corrected chi connectivity index (χ4v) is 4.04. The van der Waals surface area contributed by atoms with Crippen molar-refractivity contribution in [3.8, 4) is 0 Å². The van der Waals surface area contributed by atoms with Gasteiger partial charge >= 0.3 is 0 Å². The Hall–Kier alpha value is -0.810.